The topological polar surface area (TPSA) is 204 Å². The van der Waals surface area contributed by atoms with E-state index in [-0.39, 0.29) is 35.2 Å². The van der Waals surface area contributed by atoms with Crippen LogP contribution >= 0.6 is 7.82 Å². The van der Waals surface area contributed by atoms with Crippen molar-refractivity contribution in [1.29, 1.82) is 0 Å². The maximum Gasteiger partial charge on any atom is 0.475 e. The Balaban J connectivity index is 1.39. The number of imidazole rings is 1. The summed E-state index contributed by atoms with van der Waals surface area (Å²) in [7, 11) is -1.63. The molecule has 0 bridgehead atoms. The number of nitrogens with zero attached hydrogens (tertiary/aromatic N) is 5. The van der Waals surface area contributed by atoms with Crippen LogP contribution in [-0.2, 0) is 39.0 Å². The van der Waals surface area contributed by atoms with Crippen LogP contribution in [0.1, 0.15) is 46.4 Å². The van der Waals surface area contributed by atoms with Gasteiger partial charge in [0.05, 0.1) is 55.9 Å². The van der Waals surface area contributed by atoms with Crippen LogP contribution in [0.3, 0.4) is 0 Å². The third-order valence-electron chi connectivity index (χ3n) is 6.73. The molecule has 2 aromatic heterocycles. The SMILES string of the molecule is COc1cc(COP(=O)(OC[C@H]2O[C@@H](n3cnc4c(N)ncnc43)[C@@H]3OC(C)(C)O[C@@H]32)OC(C)(C)C)c([N+](=O)[O-])cc1OC. The van der Waals surface area contributed by atoms with Gasteiger partial charge in [-0.3, -0.25) is 28.3 Å². The fraction of sp³-hybridized carbons (Fsp3) is 0.577. The second-order valence-electron chi connectivity index (χ2n) is 11.5. The molecule has 5 rings (SSSR count). The monoisotopic (exact) mass is 638 g/mol. The third-order valence-corrected chi connectivity index (χ3v) is 8.41. The van der Waals surface area contributed by atoms with E-state index in [0.717, 1.165) is 0 Å². The first-order chi connectivity index (χ1) is 20.6. The molecule has 3 aromatic rings. The molecule has 0 amide bonds. The van der Waals surface area contributed by atoms with Crippen molar-refractivity contribution in [2.24, 2.45) is 0 Å². The maximum atomic E-state index is 14.0. The molecule has 44 heavy (non-hydrogen) atoms. The van der Waals surface area contributed by atoms with Crippen LogP contribution in [0, 0.1) is 10.1 Å². The minimum Gasteiger partial charge on any atom is -0.493 e. The van der Waals surface area contributed by atoms with Crippen LogP contribution in [0.15, 0.2) is 24.8 Å². The highest BCUT2D eigenvalue weighted by molar-refractivity contribution is 7.48. The molecule has 2 saturated heterocycles. The molecule has 2 N–H and O–H groups in total. The van der Waals surface area contributed by atoms with Gasteiger partial charge in [0.2, 0.25) is 0 Å². The van der Waals surface area contributed by atoms with Crippen LogP contribution in [-0.4, -0.2) is 75.0 Å². The second kappa shape index (κ2) is 11.8. The number of nitrogens with two attached hydrogens (primary N) is 1. The first-order valence-corrected chi connectivity index (χ1v) is 15.0. The Morgan fingerprint density at radius 3 is 2.43 bits per heavy atom. The maximum absolute atomic E-state index is 14.0. The van der Waals surface area contributed by atoms with Gasteiger partial charge in [-0.1, -0.05) is 0 Å². The van der Waals surface area contributed by atoms with Crippen LogP contribution in [0.25, 0.3) is 11.2 Å². The number of ether oxygens (including phenoxy) is 5. The highest BCUT2D eigenvalue weighted by Gasteiger charge is 2.56. The van der Waals surface area contributed by atoms with E-state index >= 15 is 0 Å². The van der Waals surface area contributed by atoms with E-state index in [2.05, 4.69) is 15.0 Å². The van der Waals surface area contributed by atoms with Crippen LogP contribution in [0.2, 0.25) is 0 Å². The zero-order valence-electron chi connectivity index (χ0n) is 25.3. The lowest BCUT2D eigenvalue weighted by Crippen LogP contribution is -2.33. The van der Waals surface area contributed by atoms with Gasteiger partial charge < -0.3 is 29.4 Å². The number of phosphoric acid groups is 1. The van der Waals surface area contributed by atoms with Gasteiger partial charge in [0.1, 0.15) is 30.2 Å². The zero-order valence-corrected chi connectivity index (χ0v) is 26.2. The molecule has 1 unspecified atom stereocenters. The number of nitro benzene ring substituents is 1. The van der Waals surface area contributed by atoms with Crippen molar-refractivity contribution in [2.45, 2.75) is 77.2 Å². The van der Waals surface area contributed by atoms with E-state index in [1.807, 2.05) is 0 Å². The van der Waals surface area contributed by atoms with Crippen LogP contribution in [0.4, 0.5) is 11.5 Å². The van der Waals surface area contributed by atoms with E-state index in [9.17, 15) is 14.7 Å². The number of phosphoric ester groups is 1. The Morgan fingerprint density at radius 1 is 1.09 bits per heavy atom. The van der Waals surface area contributed by atoms with E-state index in [4.69, 9.17) is 43.0 Å². The largest absolute Gasteiger partial charge is 0.493 e. The molecule has 18 heteroatoms. The number of hydrogen-bond donors (Lipinski definition) is 1. The molecule has 2 aliphatic heterocycles. The molecular formula is C26H35N6O11P. The molecule has 0 saturated carbocycles. The van der Waals surface area contributed by atoms with E-state index in [1.54, 1.807) is 39.2 Å². The molecule has 17 nitrogen and oxygen atoms in total. The number of aromatic nitrogens is 4. The standard InChI is InChI=1S/C26H35N6O11P/c1-25(2,3)43-44(35,38-10-14-8-16(36-6)17(37-7)9-15(14)32(33)34)39-11-18-20-21(42-26(4,5)41-20)24(40-18)31-13-30-19-22(27)28-12-29-23(19)31/h8-9,12-13,18,20-21,24H,10-11H2,1-7H3,(H2,27,28,29)/t18-,20-,21-,24-,44?/m1/s1. The number of benzene rings is 1. The van der Waals surface area contributed by atoms with Gasteiger partial charge in [0, 0.05) is 0 Å². The van der Waals surface area contributed by atoms with Crippen molar-refractivity contribution in [3.63, 3.8) is 0 Å². The normalized spacial score (nSPS) is 24.2. The Kier molecular flexibility index (Phi) is 8.58. The van der Waals surface area contributed by atoms with Crippen molar-refractivity contribution in [1.82, 2.24) is 19.5 Å². The van der Waals surface area contributed by atoms with Crippen molar-refractivity contribution >= 4 is 30.5 Å². The highest BCUT2D eigenvalue weighted by Crippen LogP contribution is 2.55. The number of anilines is 1. The first kappa shape index (κ1) is 32.0. The van der Waals surface area contributed by atoms with Gasteiger partial charge in [0.25, 0.3) is 5.69 Å². The number of hydrogen-bond acceptors (Lipinski definition) is 15. The summed E-state index contributed by atoms with van der Waals surface area (Å²) in [6.07, 6.45) is 0.000489. The minimum atomic E-state index is -4.37. The highest BCUT2D eigenvalue weighted by atomic mass is 31.2. The molecule has 0 spiro atoms. The lowest BCUT2D eigenvalue weighted by Gasteiger charge is -2.28. The molecule has 2 aliphatic rings. The molecule has 4 heterocycles. The minimum absolute atomic E-state index is 0.0637. The Bertz CT molecular complexity index is 1590. The number of methoxy groups -OCH3 is 2. The fourth-order valence-electron chi connectivity index (χ4n) is 5.01. The molecule has 5 atom stereocenters. The summed E-state index contributed by atoms with van der Waals surface area (Å²) in [5.41, 5.74) is 5.54. The summed E-state index contributed by atoms with van der Waals surface area (Å²) in [6.45, 7) is 7.71. The molecular weight excluding hydrogens is 603 g/mol. The number of fused-ring (bicyclic) bond motifs is 2. The van der Waals surface area contributed by atoms with Gasteiger partial charge in [0.15, 0.2) is 35.0 Å². The van der Waals surface area contributed by atoms with Crippen LogP contribution < -0.4 is 15.2 Å². The Labute approximate surface area is 252 Å². The van der Waals surface area contributed by atoms with Gasteiger partial charge in [-0.05, 0) is 40.7 Å². The summed E-state index contributed by atoms with van der Waals surface area (Å²) in [5.74, 6) is -0.383. The lowest BCUT2D eigenvalue weighted by atomic mass is 10.1. The van der Waals surface area contributed by atoms with Crippen molar-refractivity contribution in [3.8, 4) is 11.5 Å². The fourth-order valence-corrected chi connectivity index (χ4v) is 6.49. The Morgan fingerprint density at radius 2 is 1.77 bits per heavy atom. The number of nitrogen functional groups attached to an aromatic ring is 1. The molecule has 2 fully saturated rings. The van der Waals surface area contributed by atoms with E-state index in [1.165, 1.54) is 39.0 Å². The summed E-state index contributed by atoms with van der Waals surface area (Å²) in [5, 5.41) is 11.8. The first-order valence-electron chi connectivity index (χ1n) is 13.6. The van der Waals surface area contributed by atoms with Crippen molar-refractivity contribution in [3.05, 3.63) is 40.5 Å². The van der Waals surface area contributed by atoms with Gasteiger partial charge in [-0.15, -0.1) is 0 Å². The summed E-state index contributed by atoms with van der Waals surface area (Å²) >= 11 is 0. The van der Waals surface area contributed by atoms with Crippen LogP contribution in [0.5, 0.6) is 11.5 Å². The van der Waals surface area contributed by atoms with E-state index in [0.29, 0.717) is 11.2 Å². The van der Waals surface area contributed by atoms with Gasteiger partial charge >= 0.3 is 7.82 Å². The molecule has 0 aliphatic carbocycles. The smallest absolute Gasteiger partial charge is 0.475 e. The second-order valence-corrected chi connectivity index (χ2v) is 13.1. The molecule has 240 valence electrons. The quantitative estimate of drug-likeness (QED) is 0.180. The number of rotatable bonds is 11. The number of nitro groups is 1. The van der Waals surface area contributed by atoms with Gasteiger partial charge in [-0.25, -0.2) is 19.5 Å². The lowest BCUT2D eigenvalue weighted by molar-refractivity contribution is -0.385. The van der Waals surface area contributed by atoms with E-state index < -0.39 is 55.3 Å². The summed E-state index contributed by atoms with van der Waals surface area (Å²) in [6, 6.07) is 2.56. The summed E-state index contributed by atoms with van der Waals surface area (Å²) < 4.78 is 61.9. The molecule has 0 radical (unpaired) electrons. The zero-order chi connectivity index (χ0) is 32.0. The van der Waals surface area contributed by atoms with Gasteiger partial charge in [-0.2, -0.15) is 0 Å². The predicted molar refractivity (Wildman–Crippen MR) is 153 cm³/mol. The van der Waals surface area contributed by atoms with Crippen molar-refractivity contribution in [2.75, 3.05) is 26.6 Å². The third kappa shape index (κ3) is 6.49. The average molecular weight is 639 g/mol. The Hall–Kier alpha value is -3.44. The molecule has 1 aromatic carbocycles. The predicted octanol–water partition coefficient (Wildman–Crippen LogP) is 3.91. The average Bonchev–Trinajstić information content (AvgIpc) is 3.60. The van der Waals surface area contributed by atoms with Crippen molar-refractivity contribution < 1.29 is 46.7 Å². The summed E-state index contributed by atoms with van der Waals surface area (Å²) in [4.78, 5) is 23.8.